The molecule has 108 valence electrons. The molecule has 1 aromatic rings. The van der Waals surface area contributed by atoms with Gasteiger partial charge in [-0.25, -0.2) is 4.79 Å². The number of benzene rings is 1. The van der Waals surface area contributed by atoms with Gasteiger partial charge in [0.2, 0.25) is 5.91 Å². The Morgan fingerprint density at radius 3 is 2.55 bits per heavy atom. The van der Waals surface area contributed by atoms with E-state index in [1.807, 2.05) is 0 Å². The van der Waals surface area contributed by atoms with Crippen LogP contribution in [0.15, 0.2) is 22.7 Å². The number of nitrogens with one attached hydrogen (secondary N) is 1. The zero-order chi connectivity index (χ0) is 15.3. The van der Waals surface area contributed by atoms with E-state index in [2.05, 4.69) is 21.2 Å². The van der Waals surface area contributed by atoms with Crippen LogP contribution in [0.4, 0.5) is 0 Å². The SMILES string of the molecule is NC(=O)CCC(NC(=O)c1ccc(Cl)cc1Br)C(=O)O. The molecule has 0 aliphatic carbocycles. The number of rotatable bonds is 6. The van der Waals surface area contributed by atoms with Gasteiger partial charge in [0.25, 0.3) is 5.91 Å². The van der Waals surface area contributed by atoms with Gasteiger partial charge in [-0.15, -0.1) is 0 Å². The summed E-state index contributed by atoms with van der Waals surface area (Å²) in [6.07, 6.45) is -0.194. The first-order valence-corrected chi connectivity index (χ1v) is 6.75. The second kappa shape index (κ2) is 7.25. The Balaban J connectivity index is 2.80. The zero-order valence-corrected chi connectivity index (χ0v) is 12.6. The summed E-state index contributed by atoms with van der Waals surface area (Å²) in [7, 11) is 0. The van der Waals surface area contributed by atoms with Gasteiger partial charge in [0.1, 0.15) is 6.04 Å². The first-order chi connectivity index (χ1) is 9.31. The number of carbonyl (C=O) groups excluding carboxylic acids is 2. The summed E-state index contributed by atoms with van der Waals surface area (Å²) in [4.78, 5) is 33.7. The van der Waals surface area contributed by atoms with Gasteiger partial charge in [0.15, 0.2) is 0 Å². The minimum atomic E-state index is -1.23. The molecule has 1 unspecified atom stereocenters. The van der Waals surface area contributed by atoms with Crippen LogP contribution >= 0.6 is 27.5 Å². The second-order valence-electron chi connectivity index (χ2n) is 3.99. The Morgan fingerprint density at radius 1 is 1.40 bits per heavy atom. The Kier molecular flexibility index (Phi) is 5.97. The smallest absolute Gasteiger partial charge is 0.326 e. The van der Waals surface area contributed by atoms with Gasteiger partial charge in [-0.2, -0.15) is 0 Å². The summed E-state index contributed by atoms with van der Waals surface area (Å²) in [6, 6.07) is 3.32. The highest BCUT2D eigenvalue weighted by Crippen LogP contribution is 2.21. The Bertz CT molecular complexity index is 550. The molecule has 0 saturated heterocycles. The van der Waals surface area contributed by atoms with Crippen molar-refractivity contribution in [3.05, 3.63) is 33.3 Å². The van der Waals surface area contributed by atoms with Crippen LogP contribution in [0.2, 0.25) is 5.02 Å². The molecule has 4 N–H and O–H groups in total. The predicted molar refractivity (Wildman–Crippen MR) is 76.5 cm³/mol. The van der Waals surface area contributed by atoms with E-state index in [0.717, 1.165) is 0 Å². The van der Waals surface area contributed by atoms with Crippen molar-refractivity contribution in [1.29, 1.82) is 0 Å². The molecule has 8 heteroatoms. The molecule has 0 aliphatic rings. The highest BCUT2D eigenvalue weighted by molar-refractivity contribution is 9.10. The van der Waals surface area contributed by atoms with Crippen molar-refractivity contribution in [2.45, 2.75) is 18.9 Å². The molecule has 0 radical (unpaired) electrons. The normalized spacial score (nSPS) is 11.7. The standard InChI is InChI=1S/C12H12BrClN2O4/c13-8-5-6(14)1-2-7(8)11(18)16-9(12(19)20)3-4-10(15)17/h1-2,5,9H,3-4H2,(H2,15,17)(H,16,18)(H,19,20). The third kappa shape index (κ3) is 4.82. The summed E-state index contributed by atoms with van der Waals surface area (Å²) in [5.74, 6) is -2.44. The van der Waals surface area contributed by atoms with Gasteiger partial charge in [0, 0.05) is 15.9 Å². The van der Waals surface area contributed by atoms with Gasteiger partial charge < -0.3 is 16.2 Å². The lowest BCUT2D eigenvalue weighted by Crippen LogP contribution is -2.41. The molecule has 6 nitrogen and oxygen atoms in total. The number of hydrogen-bond acceptors (Lipinski definition) is 3. The zero-order valence-electron chi connectivity index (χ0n) is 10.2. The number of primary amides is 1. The van der Waals surface area contributed by atoms with Gasteiger partial charge >= 0.3 is 5.97 Å². The fourth-order valence-electron chi connectivity index (χ4n) is 1.45. The van der Waals surface area contributed by atoms with E-state index in [-0.39, 0.29) is 18.4 Å². The van der Waals surface area contributed by atoms with E-state index in [4.69, 9.17) is 22.4 Å². The molecule has 1 rings (SSSR count). The number of carboxylic acid groups (broad SMARTS) is 1. The molecule has 0 fully saturated rings. The Labute approximate surface area is 128 Å². The van der Waals surface area contributed by atoms with Gasteiger partial charge in [-0.3, -0.25) is 9.59 Å². The molecular weight excluding hydrogens is 351 g/mol. The summed E-state index contributed by atoms with van der Waals surface area (Å²) in [6.45, 7) is 0. The summed E-state index contributed by atoms with van der Waals surface area (Å²) < 4.78 is 0.446. The summed E-state index contributed by atoms with van der Waals surface area (Å²) in [5, 5.41) is 11.8. The van der Waals surface area contributed by atoms with E-state index in [1.54, 1.807) is 0 Å². The van der Waals surface area contributed by atoms with Crippen molar-refractivity contribution in [2.24, 2.45) is 5.73 Å². The first kappa shape index (κ1) is 16.5. The Hall–Kier alpha value is -1.60. The highest BCUT2D eigenvalue weighted by Gasteiger charge is 2.22. The van der Waals surface area contributed by atoms with E-state index >= 15 is 0 Å². The van der Waals surface area contributed by atoms with Crippen molar-refractivity contribution in [1.82, 2.24) is 5.32 Å². The van der Waals surface area contributed by atoms with E-state index < -0.39 is 23.8 Å². The average molecular weight is 364 g/mol. The van der Waals surface area contributed by atoms with Gasteiger partial charge in [-0.05, 0) is 40.5 Å². The minimum absolute atomic E-state index is 0.0678. The number of amides is 2. The number of carbonyl (C=O) groups is 3. The molecule has 0 saturated carbocycles. The monoisotopic (exact) mass is 362 g/mol. The van der Waals surface area contributed by atoms with Crippen LogP contribution < -0.4 is 11.1 Å². The fraction of sp³-hybridized carbons (Fsp3) is 0.250. The first-order valence-electron chi connectivity index (χ1n) is 5.58. The van der Waals surface area contributed by atoms with Crippen molar-refractivity contribution in [3.8, 4) is 0 Å². The number of carboxylic acids is 1. The largest absolute Gasteiger partial charge is 0.480 e. The molecule has 2 amide bonds. The summed E-state index contributed by atoms with van der Waals surface area (Å²) >= 11 is 8.93. The lowest BCUT2D eigenvalue weighted by atomic mass is 10.1. The molecule has 0 aromatic heterocycles. The highest BCUT2D eigenvalue weighted by atomic mass is 79.9. The maximum absolute atomic E-state index is 12.0. The second-order valence-corrected chi connectivity index (χ2v) is 5.28. The van der Waals surface area contributed by atoms with Crippen molar-refractivity contribution >= 4 is 45.3 Å². The quantitative estimate of drug-likeness (QED) is 0.712. The lowest BCUT2D eigenvalue weighted by molar-refractivity contribution is -0.139. The van der Waals surface area contributed by atoms with Crippen LogP contribution in [0.25, 0.3) is 0 Å². The predicted octanol–water partition coefficient (Wildman–Crippen LogP) is 1.55. The number of halogens is 2. The van der Waals surface area contributed by atoms with Crippen LogP contribution in [0.3, 0.4) is 0 Å². The lowest BCUT2D eigenvalue weighted by Gasteiger charge is -2.14. The molecule has 20 heavy (non-hydrogen) atoms. The molecular formula is C12H12BrClN2O4. The van der Waals surface area contributed by atoms with E-state index in [0.29, 0.717) is 9.50 Å². The van der Waals surface area contributed by atoms with Crippen LogP contribution in [0.5, 0.6) is 0 Å². The van der Waals surface area contributed by atoms with E-state index in [1.165, 1.54) is 18.2 Å². The fourth-order valence-corrected chi connectivity index (χ4v) is 2.32. The van der Waals surface area contributed by atoms with Crippen LogP contribution in [-0.4, -0.2) is 28.9 Å². The molecule has 1 aromatic carbocycles. The van der Waals surface area contributed by atoms with Gasteiger partial charge in [-0.1, -0.05) is 11.6 Å². The van der Waals surface area contributed by atoms with E-state index in [9.17, 15) is 14.4 Å². The maximum Gasteiger partial charge on any atom is 0.326 e. The van der Waals surface area contributed by atoms with Crippen LogP contribution in [0.1, 0.15) is 23.2 Å². The average Bonchev–Trinajstić information content (AvgIpc) is 2.33. The molecule has 0 heterocycles. The van der Waals surface area contributed by atoms with Gasteiger partial charge in [0.05, 0.1) is 5.56 Å². The van der Waals surface area contributed by atoms with Crippen LogP contribution in [0, 0.1) is 0 Å². The van der Waals surface area contributed by atoms with Crippen molar-refractivity contribution in [3.63, 3.8) is 0 Å². The summed E-state index contributed by atoms with van der Waals surface area (Å²) in [5.41, 5.74) is 5.21. The maximum atomic E-state index is 12.0. The minimum Gasteiger partial charge on any atom is -0.480 e. The van der Waals surface area contributed by atoms with Crippen molar-refractivity contribution < 1.29 is 19.5 Å². The number of hydrogen-bond donors (Lipinski definition) is 3. The molecule has 1 atom stereocenters. The topological polar surface area (TPSA) is 109 Å². The third-order valence-corrected chi connectivity index (χ3v) is 3.35. The number of aliphatic carboxylic acids is 1. The molecule has 0 bridgehead atoms. The van der Waals surface area contributed by atoms with Crippen molar-refractivity contribution in [2.75, 3.05) is 0 Å². The number of nitrogens with two attached hydrogens (primary N) is 1. The molecule has 0 spiro atoms. The van der Waals surface area contributed by atoms with Crippen LogP contribution in [-0.2, 0) is 9.59 Å². The Morgan fingerprint density at radius 2 is 2.05 bits per heavy atom. The third-order valence-electron chi connectivity index (χ3n) is 2.46. The molecule has 0 aliphatic heterocycles.